The molecule has 0 radical (unpaired) electrons. The van der Waals surface area contributed by atoms with Crippen molar-refractivity contribution in [2.24, 2.45) is 0 Å². The molecule has 0 saturated carbocycles. The highest BCUT2D eigenvalue weighted by atomic mass is 32.1. The molecule has 1 aliphatic heterocycles. The maximum absolute atomic E-state index is 12.6. The van der Waals surface area contributed by atoms with E-state index in [1.54, 1.807) is 6.07 Å². The number of non-ortho nitro benzene ring substituents is 1. The summed E-state index contributed by atoms with van der Waals surface area (Å²) in [4.78, 5) is 29.4. The molecule has 2 aromatic rings. The number of carbonyl (C=O) groups excluding carboxylic acids is 1. The van der Waals surface area contributed by atoms with E-state index in [1.165, 1.54) is 23.5 Å². The predicted octanol–water partition coefficient (Wildman–Crippen LogP) is 3.21. The average Bonchev–Trinajstić information content (AvgIpc) is 3.18. The van der Waals surface area contributed by atoms with Gasteiger partial charge in [0.15, 0.2) is 5.13 Å². The number of nitro groups is 1. The fourth-order valence-corrected chi connectivity index (χ4v) is 3.31. The summed E-state index contributed by atoms with van der Waals surface area (Å²) in [6.07, 6.45) is 2.12. The highest BCUT2D eigenvalue weighted by molar-refractivity contribution is 7.13. The molecule has 1 fully saturated rings. The molecule has 1 aromatic carbocycles. The van der Waals surface area contributed by atoms with Gasteiger partial charge in [-0.2, -0.15) is 0 Å². The minimum atomic E-state index is -0.488. The molecule has 0 aliphatic carbocycles. The van der Waals surface area contributed by atoms with Gasteiger partial charge in [0.05, 0.1) is 21.9 Å². The molecule has 120 valence electrons. The first-order valence-corrected chi connectivity index (χ1v) is 8.19. The number of benzene rings is 1. The lowest BCUT2D eigenvalue weighted by molar-refractivity contribution is -0.384. The van der Waals surface area contributed by atoms with Crippen LogP contribution in [0.4, 0.5) is 16.5 Å². The Hall–Kier alpha value is -2.48. The summed E-state index contributed by atoms with van der Waals surface area (Å²) in [5.74, 6) is -0.370. The van der Waals surface area contributed by atoms with Crippen LogP contribution in [0.5, 0.6) is 0 Å². The van der Waals surface area contributed by atoms with Crippen LogP contribution >= 0.6 is 11.3 Å². The molecule has 0 atom stereocenters. The third-order valence-corrected chi connectivity index (χ3v) is 4.60. The van der Waals surface area contributed by atoms with Crippen LogP contribution in [0, 0.1) is 17.0 Å². The van der Waals surface area contributed by atoms with Gasteiger partial charge in [0, 0.05) is 30.6 Å². The van der Waals surface area contributed by atoms with Gasteiger partial charge in [0.2, 0.25) is 0 Å². The molecule has 0 unspecified atom stereocenters. The van der Waals surface area contributed by atoms with Crippen molar-refractivity contribution in [2.45, 2.75) is 19.8 Å². The zero-order valence-electron chi connectivity index (χ0n) is 12.6. The smallest absolute Gasteiger partial charge is 0.270 e. The minimum absolute atomic E-state index is 0.0894. The first-order valence-electron chi connectivity index (χ1n) is 7.31. The van der Waals surface area contributed by atoms with Crippen LogP contribution in [-0.2, 0) is 0 Å². The maximum Gasteiger partial charge on any atom is 0.270 e. The first-order chi connectivity index (χ1) is 11.0. The summed E-state index contributed by atoms with van der Waals surface area (Å²) >= 11 is 1.33. The summed E-state index contributed by atoms with van der Waals surface area (Å²) in [6.45, 7) is 3.55. The molecule has 0 spiro atoms. The van der Waals surface area contributed by atoms with E-state index in [1.807, 2.05) is 12.3 Å². The maximum atomic E-state index is 12.6. The number of hydrogen-bond acceptors (Lipinski definition) is 6. The largest absolute Gasteiger partial charge is 0.371 e. The Bertz CT molecular complexity index is 753. The number of nitrogens with zero attached hydrogens (tertiary/aromatic N) is 3. The summed E-state index contributed by atoms with van der Waals surface area (Å²) in [6, 6.07) is 4.44. The minimum Gasteiger partial charge on any atom is -0.371 e. The number of aryl methyl sites for hydroxylation is 1. The number of anilines is 2. The van der Waals surface area contributed by atoms with E-state index in [0.717, 1.165) is 37.3 Å². The SMILES string of the molecule is Cc1csc(NC(=O)c2cc([N+](=O)[O-])ccc2N2CCCC2)n1. The number of nitro benzene ring substituents is 1. The molecule has 1 amide bonds. The van der Waals surface area contributed by atoms with Crippen molar-refractivity contribution in [3.8, 4) is 0 Å². The van der Waals surface area contributed by atoms with Gasteiger partial charge >= 0.3 is 0 Å². The number of rotatable bonds is 4. The van der Waals surface area contributed by atoms with E-state index >= 15 is 0 Å². The van der Waals surface area contributed by atoms with Gasteiger partial charge in [-0.3, -0.25) is 20.2 Å². The lowest BCUT2D eigenvalue weighted by Crippen LogP contribution is -2.23. The monoisotopic (exact) mass is 332 g/mol. The van der Waals surface area contributed by atoms with Crippen LogP contribution in [0.2, 0.25) is 0 Å². The van der Waals surface area contributed by atoms with Gasteiger partial charge in [0.1, 0.15) is 0 Å². The third-order valence-electron chi connectivity index (χ3n) is 3.72. The molecule has 2 heterocycles. The molecule has 1 aliphatic rings. The van der Waals surface area contributed by atoms with Gasteiger partial charge in [-0.05, 0) is 25.8 Å². The normalized spacial score (nSPS) is 14.0. The lowest BCUT2D eigenvalue weighted by Gasteiger charge is -2.20. The molecule has 1 saturated heterocycles. The Morgan fingerprint density at radius 3 is 2.74 bits per heavy atom. The van der Waals surface area contributed by atoms with Gasteiger partial charge < -0.3 is 4.90 Å². The third kappa shape index (κ3) is 3.31. The van der Waals surface area contributed by atoms with Crippen LogP contribution in [0.25, 0.3) is 0 Å². The fourth-order valence-electron chi connectivity index (χ4n) is 2.63. The standard InChI is InChI=1S/C15H16N4O3S/c1-10-9-23-15(16-10)17-14(20)12-8-11(19(21)22)4-5-13(12)18-6-2-3-7-18/h4-5,8-9H,2-3,6-7H2,1H3,(H,16,17,20). The van der Waals surface area contributed by atoms with Crippen molar-refractivity contribution in [1.82, 2.24) is 4.98 Å². The highest BCUT2D eigenvalue weighted by Gasteiger charge is 2.23. The fraction of sp³-hybridized carbons (Fsp3) is 0.333. The Kier molecular flexibility index (Phi) is 4.24. The molecular formula is C15H16N4O3S. The zero-order chi connectivity index (χ0) is 16.4. The summed E-state index contributed by atoms with van der Waals surface area (Å²) in [5, 5.41) is 16.1. The van der Waals surface area contributed by atoms with Crippen LogP contribution in [-0.4, -0.2) is 28.9 Å². The number of nitrogens with one attached hydrogen (secondary N) is 1. The van der Waals surface area contributed by atoms with E-state index < -0.39 is 4.92 Å². The van der Waals surface area contributed by atoms with Gasteiger partial charge in [-0.25, -0.2) is 4.98 Å². The Labute approximate surface area is 137 Å². The molecule has 8 heteroatoms. The second kappa shape index (κ2) is 6.33. The zero-order valence-corrected chi connectivity index (χ0v) is 13.4. The van der Waals surface area contributed by atoms with Crippen LogP contribution in [0.3, 0.4) is 0 Å². The number of amides is 1. The average molecular weight is 332 g/mol. The van der Waals surface area contributed by atoms with Gasteiger partial charge in [-0.1, -0.05) is 0 Å². The van der Waals surface area contributed by atoms with Gasteiger partial charge in [-0.15, -0.1) is 11.3 Å². The molecule has 1 N–H and O–H groups in total. The summed E-state index contributed by atoms with van der Waals surface area (Å²) in [7, 11) is 0. The Morgan fingerprint density at radius 1 is 1.39 bits per heavy atom. The van der Waals surface area contributed by atoms with E-state index in [4.69, 9.17) is 0 Å². The first kappa shape index (κ1) is 15.4. The second-order valence-electron chi connectivity index (χ2n) is 5.40. The topological polar surface area (TPSA) is 88.4 Å². The van der Waals surface area contributed by atoms with Crippen LogP contribution in [0.1, 0.15) is 28.9 Å². The quantitative estimate of drug-likeness (QED) is 0.686. The van der Waals surface area contributed by atoms with E-state index in [9.17, 15) is 14.9 Å². The molecule has 3 rings (SSSR count). The molecule has 23 heavy (non-hydrogen) atoms. The molecule has 1 aromatic heterocycles. The predicted molar refractivity (Wildman–Crippen MR) is 89.3 cm³/mol. The molecule has 7 nitrogen and oxygen atoms in total. The van der Waals surface area contributed by atoms with Crippen molar-refractivity contribution in [3.05, 3.63) is 45.0 Å². The van der Waals surface area contributed by atoms with E-state index in [0.29, 0.717) is 10.7 Å². The number of thiazole rings is 1. The lowest BCUT2D eigenvalue weighted by atomic mass is 10.1. The van der Waals surface area contributed by atoms with E-state index in [2.05, 4.69) is 15.2 Å². The van der Waals surface area contributed by atoms with Crippen molar-refractivity contribution in [1.29, 1.82) is 0 Å². The summed E-state index contributed by atoms with van der Waals surface area (Å²) < 4.78 is 0. The number of carbonyl (C=O) groups is 1. The van der Waals surface area contributed by atoms with Crippen molar-refractivity contribution >= 4 is 33.8 Å². The molecular weight excluding hydrogens is 316 g/mol. The second-order valence-corrected chi connectivity index (χ2v) is 6.26. The van der Waals surface area contributed by atoms with Crippen molar-refractivity contribution in [2.75, 3.05) is 23.3 Å². The van der Waals surface area contributed by atoms with Crippen molar-refractivity contribution < 1.29 is 9.72 Å². The highest BCUT2D eigenvalue weighted by Crippen LogP contribution is 2.29. The number of aromatic nitrogens is 1. The summed E-state index contributed by atoms with van der Waals surface area (Å²) in [5.41, 5.74) is 1.78. The Morgan fingerprint density at radius 2 is 2.13 bits per heavy atom. The van der Waals surface area contributed by atoms with E-state index in [-0.39, 0.29) is 11.6 Å². The van der Waals surface area contributed by atoms with Gasteiger partial charge in [0.25, 0.3) is 11.6 Å². The molecule has 0 bridgehead atoms. The van der Waals surface area contributed by atoms with Crippen LogP contribution < -0.4 is 10.2 Å². The van der Waals surface area contributed by atoms with Crippen LogP contribution in [0.15, 0.2) is 23.6 Å². The Balaban J connectivity index is 1.94. The number of hydrogen-bond donors (Lipinski definition) is 1. The van der Waals surface area contributed by atoms with Crippen molar-refractivity contribution in [3.63, 3.8) is 0 Å².